The molecule has 0 radical (unpaired) electrons. The molecule has 0 aromatic rings. The van der Waals surface area contributed by atoms with Crippen molar-refractivity contribution in [3.8, 4) is 0 Å². The van der Waals surface area contributed by atoms with Gasteiger partial charge in [0.1, 0.15) is 0 Å². The molecule has 0 aliphatic carbocycles. The Morgan fingerprint density at radius 2 is 1.43 bits per heavy atom. The van der Waals surface area contributed by atoms with Crippen molar-refractivity contribution in [3.63, 3.8) is 0 Å². The van der Waals surface area contributed by atoms with Crippen molar-refractivity contribution in [1.29, 1.82) is 0 Å². The second-order valence-corrected chi connectivity index (χ2v) is 3.34. The summed E-state index contributed by atoms with van der Waals surface area (Å²) in [6.45, 7) is 6.00. The molecule has 0 N–H and O–H groups in total. The number of hydrogen-bond acceptors (Lipinski definition) is 3. The minimum Gasteiger partial charge on any atom is -0.275 e. The molecule has 5 heteroatoms. The van der Waals surface area contributed by atoms with Crippen LogP contribution in [0.2, 0.25) is 0 Å². The lowest BCUT2D eigenvalue weighted by Gasteiger charge is -2.26. The Morgan fingerprint density at radius 3 is 1.64 bits per heavy atom. The fraction of sp³-hybridized carbons (Fsp3) is 0.667. The minimum absolute atomic E-state index is 0.248. The Hall–Kier alpha value is -1.39. The summed E-state index contributed by atoms with van der Waals surface area (Å²) in [5.41, 5.74) is 0. The lowest BCUT2D eigenvalue weighted by Crippen LogP contribution is -2.48. The van der Waals surface area contributed by atoms with Crippen LogP contribution in [0, 0.1) is 0 Å². The Morgan fingerprint density at radius 1 is 1.00 bits per heavy atom. The zero-order valence-corrected chi connectivity index (χ0v) is 9.20. The van der Waals surface area contributed by atoms with Gasteiger partial charge in [-0.15, -0.1) is 0 Å². The molecule has 0 fully saturated rings. The highest BCUT2D eigenvalue weighted by Gasteiger charge is 2.25. The maximum atomic E-state index is 11.6. The van der Waals surface area contributed by atoms with E-state index in [9.17, 15) is 14.4 Å². The summed E-state index contributed by atoms with van der Waals surface area (Å²) in [4.78, 5) is 35.6. The van der Waals surface area contributed by atoms with Crippen LogP contribution in [0.15, 0.2) is 0 Å². The van der Waals surface area contributed by atoms with E-state index in [1.165, 1.54) is 20.9 Å². The number of urea groups is 1. The molecule has 0 bridgehead atoms. The van der Waals surface area contributed by atoms with E-state index in [4.69, 9.17) is 0 Å². The number of carbonyl (C=O) groups is 3. The highest BCUT2D eigenvalue weighted by atomic mass is 16.2. The van der Waals surface area contributed by atoms with Gasteiger partial charge in [0.15, 0.2) is 0 Å². The summed E-state index contributed by atoms with van der Waals surface area (Å²) in [5.74, 6) is -0.750. The number of rotatable bonds is 1. The third kappa shape index (κ3) is 2.83. The summed E-state index contributed by atoms with van der Waals surface area (Å²) in [6, 6.07) is -0.832. The highest BCUT2D eigenvalue weighted by Crippen LogP contribution is 2.04. The fourth-order valence-corrected chi connectivity index (χ4v) is 1.02. The van der Waals surface area contributed by atoms with Gasteiger partial charge >= 0.3 is 6.03 Å². The van der Waals surface area contributed by atoms with Crippen LogP contribution in [0.5, 0.6) is 0 Å². The van der Waals surface area contributed by atoms with E-state index in [0.717, 1.165) is 9.80 Å². The maximum absolute atomic E-state index is 11.6. The molecular formula is C9H16N2O3. The standard InChI is InChI=1S/C9H16N2O3/c1-6(2)11(8(4)13)9(14)10(5)7(3)12/h6H,1-5H3. The average molecular weight is 200 g/mol. The molecule has 0 heterocycles. The first-order valence-electron chi connectivity index (χ1n) is 4.37. The van der Waals surface area contributed by atoms with Crippen LogP contribution in [-0.4, -0.2) is 40.7 Å². The van der Waals surface area contributed by atoms with Crippen molar-refractivity contribution < 1.29 is 14.4 Å². The predicted molar refractivity (Wildman–Crippen MR) is 51.5 cm³/mol. The van der Waals surface area contributed by atoms with E-state index in [1.807, 2.05) is 0 Å². The SMILES string of the molecule is CC(=O)N(C)C(=O)N(C(C)=O)C(C)C. The fourth-order valence-electron chi connectivity index (χ4n) is 1.02. The normalized spacial score (nSPS) is 9.86. The lowest BCUT2D eigenvalue weighted by molar-refractivity contribution is -0.129. The molecule has 0 rings (SSSR count). The number of nitrogens with zero attached hydrogens (tertiary/aromatic N) is 2. The van der Waals surface area contributed by atoms with Crippen molar-refractivity contribution in [2.45, 2.75) is 33.7 Å². The first kappa shape index (κ1) is 12.6. The number of carbonyl (C=O) groups excluding carboxylic acids is 3. The van der Waals surface area contributed by atoms with Gasteiger partial charge in [-0.2, -0.15) is 0 Å². The van der Waals surface area contributed by atoms with Crippen LogP contribution in [0.4, 0.5) is 4.79 Å². The second-order valence-electron chi connectivity index (χ2n) is 3.34. The van der Waals surface area contributed by atoms with Crippen LogP contribution in [0.25, 0.3) is 0 Å². The molecule has 0 saturated carbocycles. The quantitative estimate of drug-likeness (QED) is 0.630. The molecule has 0 aliphatic heterocycles. The van der Waals surface area contributed by atoms with Crippen LogP contribution in [0.1, 0.15) is 27.7 Å². The molecule has 0 unspecified atom stereocenters. The van der Waals surface area contributed by atoms with Crippen molar-refractivity contribution in [3.05, 3.63) is 0 Å². The zero-order chi connectivity index (χ0) is 11.5. The number of hydrogen-bond donors (Lipinski definition) is 0. The Labute approximate surface area is 83.7 Å². The van der Waals surface area contributed by atoms with Gasteiger partial charge in [-0.25, -0.2) is 4.79 Å². The zero-order valence-electron chi connectivity index (χ0n) is 9.20. The van der Waals surface area contributed by atoms with E-state index >= 15 is 0 Å². The van der Waals surface area contributed by atoms with E-state index < -0.39 is 6.03 Å². The molecule has 4 amide bonds. The largest absolute Gasteiger partial charge is 0.333 e. The van der Waals surface area contributed by atoms with Crippen molar-refractivity contribution in [1.82, 2.24) is 9.80 Å². The van der Waals surface area contributed by atoms with Gasteiger partial charge < -0.3 is 0 Å². The number of imide groups is 2. The monoisotopic (exact) mass is 200 g/mol. The second kappa shape index (κ2) is 4.74. The Bertz CT molecular complexity index is 261. The summed E-state index contributed by atoms with van der Waals surface area (Å²) in [5, 5.41) is 0. The van der Waals surface area contributed by atoms with Gasteiger partial charge in [-0.3, -0.25) is 19.4 Å². The first-order chi connectivity index (χ1) is 6.29. The maximum Gasteiger partial charge on any atom is 0.333 e. The van der Waals surface area contributed by atoms with Gasteiger partial charge in [-0.05, 0) is 13.8 Å². The predicted octanol–water partition coefficient (Wildman–Crippen LogP) is 0.842. The van der Waals surface area contributed by atoms with Crippen LogP contribution < -0.4 is 0 Å². The van der Waals surface area contributed by atoms with E-state index in [1.54, 1.807) is 13.8 Å². The molecule has 14 heavy (non-hydrogen) atoms. The molecule has 0 saturated heterocycles. The van der Waals surface area contributed by atoms with Gasteiger partial charge in [-0.1, -0.05) is 0 Å². The van der Waals surface area contributed by atoms with Gasteiger partial charge in [0.2, 0.25) is 11.8 Å². The topological polar surface area (TPSA) is 57.7 Å². The van der Waals surface area contributed by atoms with Gasteiger partial charge in [0.25, 0.3) is 0 Å². The third-order valence-corrected chi connectivity index (χ3v) is 1.82. The van der Waals surface area contributed by atoms with Gasteiger partial charge in [0, 0.05) is 26.9 Å². The van der Waals surface area contributed by atoms with Crippen LogP contribution >= 0.6 is 0 Å². The first-order valence-corrected chi connectivity index (χ1v) is 4.37. The summed E-state index contributed by atoms with van der Waals surface area (Å²) in [7, 11) is 1.35. The summed E-state index contributed by atoms with van der Waals surface area (Å²) >= 11 is 0. The van der Waals surface area contributed by atoms with E-state index in [-0.39, 0.29) is 17.9 Å². The van der Waals surface area contributed by atoms with Crippen LogP contribution in [-0.2, 0) is 9.59 Å². The highest BCUT2D eigenvalue weighted by molar-refractivity contribution is 6.00. The van der Waals surface area contributed by atoms with E-state index in [0.29, 0.717) is 0 Å². The van der Waals surface area contributed by atoms with Crippen molar-refractivity contribution in [2.24, 2.45) is 0 Å². The minimum atomic E-state index is -0.583. The molecule has 0 atom stereocenters. The third-order valence-electron chi connectivity index (χ3n) is 1.82. The smallest absolute Gasteiger partial charge is 0.275 e. The van der Waals surface area contributed by atoms with E-state index in [2.05, 4.69) is 0 Å². The molecular weight excluding hydrogens is 184 g/mol. The van der Waals surface area contributed by atoms with Crippen molar-refractivity contribution in [2.75, 3.05) is 7.05 Å². The van der Waals surface area contributed by atoms with Crippen molar-refractivity contribution >= 4 is 17.8 Å². The molecule has 0 aliphatic rings. The molecule has 0 spiro atoms. The molecule has 0 aromatic carbocycles. The Balaban J connectivity index is 4.78. The summed E-state index contributed by atoms with van der Waals surface area (Å²) in [6.07, 6.45) is 0. The average Bonchev–Trinajstić information content (AvgIpc) is 2.01. The summed E-state index contributed by atoms with van der Waals surface area (Å²) < 4.78 is 0. The molecule has 0 aromatic heterocycles. The van der Waals surface area contributed by atoms with Gasteiger partial charge in [0.05, 0.1) is 0 Å². The van der Waals surface area contributed by atoms with Crippen LogP contribution in [0.3, 0.4) is 0 Å². The molecule has 5 nitrogen and oxygen atoms in total. The molecule has 80 valence electrons. The number of amides is 4. The Kier molecular flexibility index (Phi) is 4.27. The lowest BCUT2D eigenvalue weighted by atomic mass is 10.3.